The van der Waals surface area contributed by atoms with Gasteiger partial charge in [0.15, 0.2) is 0 Å². The second-order valence-electron chi connectivity index (χ2n) is 5.03. The first-order valence-electron chi connectivity index (χ1n) is 6.50. The van der Waals surface area contributed by atoms with Crippen molar-refractivity contribution in [3.05, 3.63) is 51.5 Å². The van der Waals surface area contributed by atoms with E-state index in [1.54, 1.807) is 6.07 Å². The van der Waals surface area contributed by atoms with Gasteiger partial charge in [-0.15, -0.1) is 11.3 Å². The highest BCUT2D eigenvalue weighted by atomic mass is 32.1. The van der Waals surface area contributed by atoms with Crippen LogP contribution in [0.2, 0.25) is 0 Å². The molecule has 1 aliphatic rings. The lowest BCUT2D eigenvalue weighted by atomic mass is 10.0. The fraction of sp³-hybridized carbons (Fsp3) is 0.333. The minimum atomic E-state index is -0.218. The number of rotatable bonds is 2. The normalized spacial score (nSPS) is 16.3. The molecule has 0 amide bonds. The zero-order chi connectivity index (χ0) is 13.4. The van der Waals surface area contributed by atoms with E-state index in [2.05, 4.69) is 16.3 Å². The Morgan fingerprint density at radius 2 is 2.21 bits per heavy atom. The van der Waals surface area contributed by atoms with E-state index in [-0.39, 0.29) is 11.9 Å². The van der Waals surface area contributed by atoms with Crippen molar-refractivity contribution in [1.29, 1.82) is 0 Å². The molecule has 2 nitrogen and oxygen atoms in total. The molecule has 4 heteroatoms. The number of nitrogens with zero attached hydrogens (tertiary/aromatic N) is 1. The predicted octanol–water partition coefficient (Wildman–Crippen LogP) is 3.47. The number of benzene rings is 1. The van der Waals surface area contributed by atoms with Crippen molar-refractivity contribution in [2.75, 3.05) is 11.4 Å². The van der Waals surface area contributed by atoms with E-state index < -0.39 is 0 Å². The van der Waals surface area contributed by atoms with Gasteiger partial charge in [0.1, 0.15) is 5.82 Å². The van der Waals surface area contributed by atoms with Gasteiger partial charge < -0.3 is 10.6 Å². The summed E-state index contributed by atoms with van der Waals surface area (Å²) in [4.78, 5) is 3.77. The van der Waals surface area contributed by atoms with Crippen LogP contribution in [-0.4, -0.2) is 6.54 Å². The molecule has 0 spiro atoms. The van der Waals surface area contributed by atoms with Crippen molar-refractivity contribution in [1.82, 2.24) is 0 Å². The molecule has 2 N–H and O–H groups in total. The van der Waals surface area contributed by atoms with E-state index in [0.29, 0.717) is 0 Å². The maximum Gasteiger partial charge on any atom is 0.123 e. The SMILES string of the molecule is CC(N)c1cc(F)ccc1N1CCc2sccc2C1. The van der Waals surface area contributed by atoms with Crippen molar-refractivity contribution in [2.24, 2.45) is 5.73 Å². The lowest BCUT2D eigenvalue weighted by Crippen LogP contribution is -2.30. The Bertz CT molecular complexity index is 592. The van der Waals surface area contributed by atoms with E-state index in [1.807, 2.05) is 24.3 Å². The largest absolute Gasteiger partial charge is 0.367 e. The van der Waals surface area contributed by atoms with Crippen molar-refractivity contribution in [2.45, 2.75) is 25.9 Å². The summed E-state index contributed by atoms with van der Waals surface area (Å²) in [6, 6.07) is 6.95. The molecule has 1 atom stereocenters. The molecular formula is C15H17FN2S. The van der Waals surface area contributed by atoms with Gasteiger partial charge >= 0.3 is 0 Å². The van der Waals surface area contributed by atoms with Gasteiger partial charge in [-0.1, -0.05) is 0 Å². The number of thiophene rings is 1. The molecule has 2 aromatic rings. The Morgan fingerprint density at radius 3 is 3.00 bits per heavy atom. The monoisotopic (exact) mass is 276 g/mol. The highest BCUT2D eigenvalue weighted by molar-refractivity contribution is 7.10. The fourth-order valence-electron chi connectivity index (χ4n) is 2.63. The van der Waals surface area contributed by atoms with Crippen LogP contribution in [0.25, 0.3) is 0 Å². The van der Waals surface area contributed by atoms with Crippen LogP contribution in [0.5, 0.6) is 0 Å². The summed E-state index contributed by atoms with van der Waals surface area (Å²) in [5.74, 6) is -0.218. The molecule has 19 heavy (non-hydrogen) atoms. The average Bonchev–Trinajstić information content (AvgIpc) is 2.85. The molecule has 0 fully saturated rings. The molecule has 0 aliphatic carbocycles. The molecule has 0 radical (unpaired) electrons. The molecule has 0 saturated heterocycles. The number of halogens is 1. The van der Waals surface area contributed by atoms with Gasteiger partial charge in [-0.05, 0) is 54.1 Å². The van der Waals surface area contributed by atoms with Crippen LogP contribution in [0.1, 0.15) is 29.0 Å². The van der Waals surface area contributed by atoms with Crippen LogP contribution in [0, 0.1) is 5.82 Å². The highest BCUT2D eigenvalue weighted by Crippen LogP contribution is 2.32. The van der Waals surface area contributed by atoms with Crippen molar-refractivity contribution >= 4 is 17.0 Å². The average molecular weight is 276 g/mol. The molecular weight excluding hydrogens is 259 g/mol. The lowest BCUT2D eigenvalue weighted by molar-refractivity contribution is 0.620. The standard InChI is InChI=1S/C15H17FN2S/c1-10(17)13-8-12(16)2-3-14(13)18-6-4-15-11(9-18)5-7-19-15/h2-3,5,7-8,10H,4,6,9,17H2,1H3. The zero-order valence-electron chi connectivity index (χ0n) is 10.9. The first-order chi connectivity index (χ1) is 9.15. The summed E-state index contributed by atoms with van der Waals surface area (Å²) in [5, 5.41) is 2.14. The van der Waals surface area contributed by atoms with E-state index >= 15 is 0 Å². The molecule has 0 bridgehead atoms. The Hall–Kier alpha value is -1.39. The summed E-state index contributed by atoms with van der Waals surface area (Å²) in [6.45, 7) is 3.77. The highest BCUT2D eigenvalue weighted by Gasteiger charge is 2.20. The second kappa shape index (κ2) is 4.94. The maximum absolute atomic E-state index is 13.4. The number of hydrogen-bond acceptors (Lipinski definition) is 3. The minimum absolute atomic E-state index is 0.158. The first kappa shape index (κ1) is 12.6. The predicted molar refractivity (Wildman–Crippen MR) is 78.1 cm³/mol. The number of nitrogens with two attached hydrogens (primary N) is 1. The molecule has 1 aromatic carbocycles. The van der Waals surface area contributed by atoms with Crippen LogP contribution < -0.4 is 10.6 Å². The van der Waals surface area contributed by atoms with Crippen molar-refractivity contribution < 1.29 is 4.39 Å². The van der Waals surface area contributed by atoms with Crippen molar-refractivity contribution in [3.8, 4) is 0 Å². The fourth-order valence-corrected chi connectivity index (χ4v) is 3.52. The summed E-state index contributed by atoms with van der Waals surface area (Å²) < 4.78 is 13.4. The number of anilines is 1. The quantitative estimate of drug-likeness (QED) is 0.910. The number of fused-ring (bicyclic) bond motifs is 1. The summed E-state index contributed by atoms with van der Waals surface area (Å²) in [5.41, 5.74) is 9.31. The zero-order valence-corrected chi connectivity index (χ0v) is 11.7. The molecule has 1 aliphatic heterocycles. The van der Waals surface area contributed by atoms with E-state index in [0.717, 1.165) is 30.8 Å². The third-order valence-electron chi connectivity index (χ3n) is 3.63. The van der Waals surface area contributed by atoms with Crippen LogP contribution in [0.4, 0.5) is 10.1 Å². The van der Waals surface area contributed by atoms with Gasteiger partial charge in [-0.25, -0.2) is 4.39 Å². The van der Waals surface area contributed by atoms with E-state index in [4.69, 9.17) is 5.73 Å². The summed E-state index contributed by atoms with van der Waals surface area (Å²) >= 11 is 1.82. The molecule has 1 unspecified atom stereocenters. The Labute approximate surface area is 116 Å². The van der Waals surface area contributed by atoms with Crippen LogP contribution in [-0.2, 0) is 13.0 Å². The Balaban J connectivity index is 1.95. The summed E-state index contributed by atoms with van der Waals surface area (Å²) in [6.07, 6.45) is 1.06. The van der Waals surface area contributed by atoms with Crippen molar-refractivity contribution in [3.63, 3.8) is 0 Å². The van der Waals surface area contributed by atoms with Gasteiger partial charge in [0, 0.05) is 29.7 Å². The minimum Gasteiger partial charge on any atom is -0.367 e. The molecule has 1 aromatic heterocycles. The van der Waals surface area contributed by atoms with Gasteiger partial charge in [0.05, 0.1) is 0 Å². The van der Waals surface area contributed by atoms with Gasteiger partial charge in [-0.3, -0.25) is 0 Å². The summed E-state index contributed by atoms with van der Waals surface area (Å²) in [7, 11) is 0. The third-order valence-corrected chi connectivity index (χ3v) is 4.65. The van der Waals surface area contributed by atoms with Crippen LogP contribution in [0.3, 0.4) is 0 Å². The first-order valence-corrected chi connectivity index (χ1v) is 7.38. The van der Waals surface area contributed by atoms with E-state index in [1.165, 1.54) is 16.5 Å². The van der Waals surface area contributed by atoms with E-state index in [9.17, 15) is 4.39 Å². The van der Waals surface area contributed by atoms with Crippen LogP contribution in [0.15, 0.2) is 29.6 Å². The molecule has 100 valence electrons. The topological polar surface area (TPSA) is 29.3 Å². The Kier molecular flexibility index (Phi) is 3.29. The maximum atomic E-state index is 13.4. The lowest BCUT2D eigenvalue weighted by Gasteiger charge is -2.31. The Morgan fingerprint density at radius 1 is 1.37 bits per heavy atom. The third kappa shape index (κ3) is 2.38. The smallest absolute Gasteiger partial charge is 0.123 e. The molecule has 3 rings (SSSR count). The van der Waals surface area contributed by atoms with Gasteiger partial charge in [0.2, 0.25) is 0 Å². The molecule has 0 saturated carbocycles. The molecule has 2 heterocycles. The van der Waals surface area contributed by atoms with Gasteiger partial charge in [0.25, 0.3) is 0 Å². The number of hydrogen-bond donors (Lipinski definition) is 1. The second-order valence-corrected chi connectivity index (χ2v) is 6.03. The van der Waals surface area contributed by atoms with Crippen LogP contribution >= 0.6 is 11.3 Å². The van der Waals surface area contributed by atoms with Gasteiger partial charge in [-0.2, -0.15) is 0 Å².